The van der Waals surface area contributed by atoms with E-state index in [1.807, 2.05) is 48.2 Å². The van der Waals surface area contributed by atoms with Crippen molar-refractivity contribution in [2.45, 2.75) is 6.92 Å². The van der Waals surface area contributed by atoms with Crippen molar-refractivity contribution in [1.82, 2.24) is 10.2 Å². The van der Waals surface area contributed by atoms with Crippen molar-refractivity contribution in [2.75, 3.05) is 31.1 Å². The Hall–Kier alpha value is -2.60. The lowest BCUT2D eigenvalue weighted by Gasteiger charge is -2.37. The van der Waals surface area contributed by atoms with Crippen LogP contribution in [-0.4, -0.2) is 47.2 Å². The monoisotopic (exact) mass is 355 g/mol. The van der Waals surface area contributed by atoms with Crippen molar-refractivity contribution in [3.05, 3.63) is 59.7 Å². The van der Waals surface area contributed by atoms with Gasteiger partial charge in [0.1, 0.15) is 5.75 Å². The summed E-state index contributed by atoms with van der Waals surface area (Å²) < 4.78 is 0. The fraction of sp³-hybridized carbons (Fsp3) is 0.263. The number of phenolic OH excluding ortho intramolecular Hbond substituents is 1. The number of thiocarbonyl (C=S) groups is 1. The van der Waals surface area contributed by atoms with Gasteiger partial charge in [-0.25, -0.2) is 0 Å². The Labute approximate surface area is 152 Å². The molecule has 1 heterocycles. The van der Waals surface area contributed by atoms with Gasteiger partial charge >= 0.3 is 0 Å². The van der Waals surface area contributed by atoms with E-state index in [9.17, 15) is 9.90 Å². The van der Waals surface area contributed by atoms with Crippen LogP contribution < -0.4 is 10.2 Å². The lowest BCUT2D eigenvalue weighted by atomic mass is 10.1. The van der Waals surface area contributed by atoms with E-state index in [4.69, 9.17) is 12.2 Å². The van der Waals surface area contributed by atoms with Crippen LogP contribution in [0.3, 0.4) is 0 Å². The third-order valence-corrected chi connectivity index (χ3v) is 4.65. The Bertz CT molecular complexity index is 786. The van der Waals surface area contributed by atoms with E-state index in [0.29, 0.717) is 23.8 Å². The molecule has 130 valence electrons. The molecule has 1 saturated heterocycles. The fourth-order valence-electron chi connectivity index (χ4n) is 2.92. The number of aromatic hydroxyl groups is 1. The number of hydrogen-bond acceptors (Lipinski definition) is 4. The number of piperazine rings is 1. The van der Waals surface area contributed by atoms with Crippen molar-refractivity contribution >= 4 is 28.9 Å². The zero-order valence-electron chi connectivity index (χ0n) is 14.1. The van der Waals surface area contributed by atoms with E-state index < -0.39 is 0 Å². The number of rotatable bonds is 2. The molecular weight excluding hydrogens is 334 g/mol. The van der Waals surface area contributed by atoms with Gasteiger partial charge in [-0.15, -0.1) is 0 Å². The average Bonchev–Trinajstić information content (AvgIpc) is 2.62. The second-order valence-corrected chi connectivity index (χ2v) is 6.48. The van der Waals surface area contributed by atoms with Crippen LogP contribution in [0.4, 0.5) is 5.69 Å². The number of hydrogen-bond donors (Lipinski definition) is 2. The topological polar surface area (TPSA) is 55.8 Å². The Morgan fingerprint density at radius 2 is 1.80 bits per heavy atom. The molecule has 0 aliphatic carbocycles. The van der Waals surface area contributed by atoms with Crippen LogP contribution in [0.2, 0.25) is 0 Å². The van der Waals surface area contributed by atoms with Gasteiger partial charge in [-0.1, -0.05) is 29.8 Å². The standard InChI is InChI=1S/C19H21N3O2S/c1-14-5-4-6-15(13-14)18(24)20-19(25)22-11-9-21(10-12-22)16-7-2-3-8-17(16)23/h2-8,13,23H,9-12H2,1H3,(H,20,24,25). The van der Waals surface area contributed by atoms with E-state index in [2.05, 4.69) is 10.2 Å². The minimum absolute atomic E-state index is 0.183. The first-order valence-electron chi connectivity index (χ1n) is 8.24. The zero-order chi connectivity index (χ0) is 17.8. The summed E-state index contributed by atoms with van der Waals surface area (Å²) in [6.45, 7) is 4.81. The summed E-state index contributed by atoms with van der Waals surface area (Å²) in [7, 11) is 0. The number of amides is 1. The number of anilines is 1. The van der Waals surface area contributed by atoms with Gasteiger partial charge in [-0.3, -0.25) is 10.1 Å². The summed E-state index contributed by atoms with van der Waals surface area (Å²) in [4.78, 5) is 16.4. The van der Waals surface area contributed by atoms with Crippen LogP contribution in [-0.2, 0) is 0 Å². The number of nitrogens with zero attached hydrogens (tertiary/aromatic N) is 2. The Balaban J connectivity index is 1.57. The Morgan fingerprint density at radius 3 is 2.48 bits per heavy atom. The van der Waals surface area contributed by atoms with Crippen molar-refractivity contribution in [3.63, 3.8) is 0 Å². The highest BCUT2D eigenvalue weighted by Crippen LogP contribution is 2.27. The van der Waals surface area contributed by atoms with Gasteiger partial charge < -0.3 is 14.9 Å². The molecule has 0 spiro atoms. The van der Waals surface area contributed by atoms with Crippen molar-refractivity contribution in [1.29, 1.82) is 0 Å². The molecule has 0 unspecified atom stereocenters. The smallest absolute Gasteiger partial charge is 0.257 e. The number of carbonyl (C=O) groups is 1. The predicted octanol–water partition coefficient (Wildman–Crippen LogP) is 2.54. The van der Waals surface area contributed by atoms with Gasteiger partial charge in [0.05, 0.1) is 5.69 Å². The molecule has 2 aromatic carbocycles. The van der Waals surface area contributed by atoms with Crippen LogP contribution in [0.5, 0.6) is 5.75 Å². The van der Waals surface area contributed by atoms with Gasteiger partial charge in [0.25, 0.3) is 5.91 Å². The van der Waals surface area contributed by atoms with E-state index >= 15 is 0 Å². The Morgan fingerprint density at radius 1 is 1.08 bits per heavy atom. The van der Waals surface area contributed by atoms with E-state index in [-0.39, 0.29) is 11.7 Å². The molecule has 1 amide bonds. The highest BCUT2D eigenvalue weighted by Gasteiger charge is 2.21. The highest BCUT2D eigenvalue weighted by molar-refractivity contribution is 7.80. The molecule has 0 aromatic heterocycles. The summed E-state index contributed by atoms with van der Waals surface area (Å²) in [5.41, 5.74) is 2.47. The number of carbonyl (C=O) groups excluding carboxylic acids is 1. The van der Waals surface area contributed by atoms with Gasteiger partial charge in [0.15, 0.2) is 5.11 Å². The molecule has 0 radical (unpaired) electrons. The van der Waals surface area contributed by atoms with Crippen LogP contribution in [0.25, 0.3) is 0 Å². The molecule has 1 fully saturated rings. The second kappa shape index (κ2) is 7.53. The normalized spacial score (nSPS) is 14.3. The third kappa shape index (κ3) is 4.09. The molecule has 1 aliphatic rings. The second-order valence-electron chi connectivity index (χ2n) is 6.09. The number of phenols is 1. The van der Waals surface area contributed by atoms with Crippen molar-refractivity contribution in [3.8, 4) is 5.75 Å². The van der Waals surface area contributed by atoms with E-state index in [1.165, 1.54) is 0 Å². The maximum Gasteiger partial charge on any atom is 0.257 e. The third-order valence-electron chi connectivity index (χ3n) is 4.29. The SMILES string of the molecule is Cc1cccc(C(=O)NC(=S)N2CCN(c3ccccc3O)CC2)c1. The van der Waals surface area contributed by atoms with E-state index in [0.717, 1.165) is 24.3 Å². The first-order chi connectivity index (χ1) is 12.0. The van der Waals surface area contributed by atoms with Crippen molar-refractivity contribution in [2.24, 2.45) is 0 Å². The van der Waals surface area contributed by atoms with Gasteiger partial charge in [0, 0.05) is 31.7 Å². The number of nitrogens with one attached hydrogen (secondary N) is 1. The van der Waals surface area contributed by atoms with Crippen LogP contribution in [0.1, 0.15) is 15.9 Å². The number of benzene rings is 2. The van der Waals surface area contributed by atoms with Crippen molar-refractivity contribution < 1.29 is 9.90 Å². The summed E-state index contributed by atoms with van der Waals surface area (Å²) in [5.74, 6) is 0.100. The fourth-order valence-corrected chi connectivity index (χ4v) is 3.19. The van der Waals surface area contributed by atoms with E-state index in [1.54, 1.807) is 12.1 Å². The van der Waals surface area contributed by atoms with Crippen LogP contribution in [0, 0.1) is 6.92 Å². The molecule has 2 N–H and O–H groups in total. The quantitative estimate of drug-likeness (QED) is 0.811. The summed E-state index contributed by atoms with van der Waals surface area (Å²) in [5, 5.41) is 13.2. The maximum absolute atomic E-state index is 12.3. The molecule has 0 atom stereocenters. The lowest BCUT2D eigenvalue weighted by Crippen LogP contribution is -2.52. The molecule has 0 bridgehead atoms. The zero-order valence-corrected chi connectivity index (χ0v) is 14.9. The first-order valence-corrected chi connectivity index (χ1v) is 8.65. The Kier molecular flexibility index (Phi) is 5.19. The minimum atomic E-state index is -0.183. The van der Waals surface area contributed by atoms with Gasteiger partial charge in [0.2, 0.25) is 0 Å². The number of para-hydroxylation sites is 2. The molecule has 2 aromatic rings. The molecule has 0 saturated carbocycles. The summed E-state index contributed by atoms with van der Waals surface area (Å²) in [6.07, 6.45) is 0. The molecule has 25 heavy (non-hydrogen) atoms. The summed E-state index contributed by atoms with van der Waals surface area (Å²) >= 11 is 5.39. The molecule has 5 nitrogen and oxygen atoms in total. The number of aryl methyl sites for hydroxylation is 1. The molecule has 6 heteroatoms. The van der Waals surface area contributed by atoms with Gasteiger partial charge in [-0.2, -0.15) is 0 Å². The van der Waals surface area contributed by atoms with Crippen LogP contribution >= 0.6 is 12.2 Å². The molecular formula is C19H21N3O2S. The largest absolute Gasteiger partial charge is 0.506 e. The summed E-state index contributed by atoms with van der Waals surface area (Å²) in [6, 6.07) is 14.7. The first kappa shape index (κ1) is 17.2. The predicted molar refractivity (Wildman–Crippen MR) is 103 cm³/mol. The minimum Gasteiger partial charge on any atom is -0.506 e. The van der Waals surface area contributed by atoms with Crippen LogP contribution in [0.15, 0.2) is 48.5 Å². The maximum atomic E-state index is 12.3. The average molecular weight is 355 g/mol. The van der Waals surface area contributed by atoms with Gasteiger partial charge in [-0.05, 0) is 43.4 Å². The lowest BCUT2D eigenvalue weighted by molar-refractivity contribution is 0.0973. The molecule has 3 rings (SSSR count). The highest BCUT2D eigenvalue weighted by atomic mass is 32.1. The molecule has 1 aliphatic heterocycles.